The van der Waals surface area contributed by atoms with Gasteiger partial charge in [-0.25, -0.2) is 4.68 Å². The third-order valence-corrected chi connectivity index (χ3v) is 6.11. The average Bonchev–Trinajstić information content (AvgIpc) is 2.90. The smallest absolute Gasteiger partial charge is 0.309 e. The molecule has 0 saturated carbocycles. The largest absolute Gasteiger partial charge is 0.481 e. The number of hydrogen-bond donors (Lipinski definition) is 3. The molecule has 4 aromatic rings. The van der Waals surface area contributed by atoms with Crippen LogP contribution >= 0.6 is 0 Å². The molecule has 0 fully saturated rings. The number of anilines is 1. The van der Waals surface area contributed by atoms with Crippen molar-refractivity contribution < 1.29 is 19.8 Å². The monoisotopic (exact) mass is 486 g/mol. The topological polar surface area (TPSA) is 134 Å². The van der Waals surface area contributed by atoms with Crippen molar-refractivity contribution in [3.05, 3.63) is 99.8 Å². The van der Waals surface area contributed by atoms with Gasteiger partial charge in [-0.15, -0.1) is 5.10 Å². The zero-order valence-electron chi connectivity index (χ0n) is 19.7. The number of fused-ring (bicyclic) bond motifs is 1. The predicted octanol–water partition coefficient (Wildman–Crippen LogP) is 3.43. The van der Waals surface area contributed by atoms with E-state index in [1.165, 1.54) is 0 Å². The van der Waals surface area contributed by atoms with E-state index in [9.17, 15) is 24.6 Å². The molecule has 3 N–H and O–H groups in total. The highest BCUT2D eigenvalue weighted by Crippen LogP contribution is 2.27. The zero-order valence-corrected chi connectivity index (χ0v) is 19.7. The molecule has 0 aliphatic heterocycles. The summed E-state index contributed by atoms with van der Waals surface area (Å²) in [5.74, 6) is -2.64. The maximum absolute atomic E-state index is 12.6. The Morgan fingerprint density at radius 1 is 1.00 bits per heavy atom. The van der Waals surface area contributed by atoms with E-state index in [1.807, 2.05) is 19.1 Å². The fraction of sp³-hybridized carbons (Fsp3) is 0.222. The lowest BCUT2D eigenvalue weighted by atomic mass is 9.92. The number of aliphatic hydroxyl groups excluding tert-OH is 1. The number of carboxylic acids is 1. The van der Waals surface area contributed by atoms with Crippen LogP contribution in [-0.2, 0) is 17.8 Å². The molecular formula is C27H26N4O5. The molecule has 1 heterocycles. The Morgan fingerprint density at radius 3 is 2.36 bits per heavy atom. The van der Waals surface area contributed by atoms with Gasteiger partial charge in [0.1, 0.15) is 5.52 Å². The van der Waals surface area contributed by atoms with E-state index >= 15 is 0 Å². The Hall–Kier alpha value is -4.37. The number of aliphatic carboxylic acids is 1. The molecule has 2 atom stereocenters. The number of carboxylic acid groups (broad SMARTS) is 1. The van der Waals surface area contributed by atoms with Crippen LogP contribution in [0.4, 0.5) is 5.69 Å². The number of nitrogens with one attached hydrogen (secondary N) is 1. The molecule has 0 unspecified atom stereocenters. The van der Waals surface area contributed by atoms with Crippen molar-refractivity contribution in [1.29, 1.82) is 0 Å². The van der Waals surface area contributed by atoms with Crippen molar-refractivity contribution in [2.45, 2.75) is 32.4 Å². The van der Waals surface area contributed by atoms with E-state index < -0.39 is 18.0 Å². The van der Waals surface area contributed by atoms with E-state index in [1.54, 1.807) is 60.7 Å². The summed E-state index contributed by atoms with van der Waals surface area (Å²) < 4.78 is 1.11. The van der Waals surface area contributed by atoms with Crippen LogP contribution in [0, 0.1) is 5.92 Å². The molecule has 3 aromatic carbocycles. The number of benzene rings is 3. The summed E-state index contributed by atoms with van der Waals surface area (Å²) in [5.41, 5.74) is 2.64. The Kier molecular flexibility index (Phi) is 7.50. The first-order valence-electron chi connectivity index (χ1n) is 11.6. The number of aryl methyl sites for hydroxylation is 2. The van der Waals surface area contributed by atoms with Gasteiger partial charge in [0.05, 0.1) is 17.4 Å². The molecule has 36 heavy (non-hydrogen) atoms. The molecule has 0 aliphatic rings. The third-order valence-electron chi connectivity index (χ3n) is 6.11. The Bertz CT molecular complexity index is 1430. The highest BCUT2D eigenvalue weighted by molar-refractivity contribution is 6.04. The number of hydrogen-bond acceptors (Lipinski definition) is 6. The van der Waals surface area contributed by atoms with Gasteiger partial charge in [0.25, 0.3) is 11.5 Å². The molecule has 1 amide bonds. The van der Waals surface area contributed by atoms with Gasteiger partial charge < -0.3 is 15.5 Å². The molecule has 4 rings (SSSR count). The minimum Gasteiger partial charge on any atom is -0.481 e. The normalized spacial score (nSPS) is 12.7. The predicted molar refractivity (Wildman–Crippen MR) is 135 cm³/mol. The van der Waals surface area contributed by atoms with Crippen molar-refractivity contribution >= 4 is 28.5 Å². The van der Waals surface area contributed by atoms with Gasteiger partial charge in [-0.3, -0.25) is 14.4 Å². The van der Waals surface area contributed by atoms with Gasteiger partial charge in [0, 0.05) is 17.8 Å². The van der Waals surface area contributed by atoms with Gasteiger partial charge in [0.2, 0.25) is 0 Å². The fourth-order valence-corrected chi connectivity index (χ4v) is 3.94. The molecule has 0 aliphatic carbocycles. The number of aliphatic hydroxyl groups is 1. The molecule has 9 nitrogen and oxygen atoms in total. The quantitative estimate of drug-likeness (QED) is 0.330. The van der Waals surface area contributed by atoms with Crippen molar-refractivity contribution in [3.63, 3.8) is 0 Å². The van der Waals surface area contributed by atoms with E-state index in [0.29, 0.717) is 27.7 Å². The van der Waals surface area contributed by atoms with Gasteiger partial charge >= 0.3 is 5.97 Å². The number of nitrogens with zero attached hydrogens (tertiary/aromatic N) is 3. The molecule has 0 saturated heterocycles. The lowest BCUT2D eigenvalue weighted by Gasteiger charge is -2.20. The van der Waals surface area contributed by atoms with Crippen LogP contribution in [0.2, 0.25) is 0 Å². The number of carbonyl (C=O) groups is 2. The number of carbonyl (C=O) groups excluding carboxylic acids is 1. The molecule has 9 heteroatoms. The molecule has 0 radical (unpaired) electrons. The minimum absolute atomic E-state index is 0.0182. The zero-order chi connectivity index (χ0) is 25.7. The number of aromatic nitrogens is 3. The fourth-order valence-electron chi connectivity index (χ4n) is 3.94. The summed E-state index contributed by atoms with van der Waals surface area (Å²) >= 11 is 0. The maximum Gasteiger partial charge on any atom is 0.309 e. The summed E-state index contributed by atoms with van der Waals surface area (Å²) in [6.07, 6.45) is -0.469. The van der Waals surface area contributed by atoms with E-state index in [0.717, 1.165) is 16.7 Å². The molecule has 0 spiro atoms. The van der Waals surface area contributed by atoms with Crippen molar-refractivity contribution in [2.75, 3.05) is 5.32 Å². The van der Waals surface area contributed by atoms with E-state index in [2.05, 4.69) is 15.6 Å². The highest BCUT2D eigenvalue weighted by atomic mass is 16.4. The Labute approximate surface area is 207 Å². The third kappa shape index (κ3) is 5.47. The van der Waals surface area contributed by atoms with Crippen LogP contribution in [0.25, 0.3) is 10.9 Å². The number of rotatable bonds is 9. The van der Waals surface area contributed by atoms with Crippen LogP contribution in [0.1, 0.15) is 40.9 Å². The number of amides is 1. The molecular weight excluding hydrogens is 460 g/mol. The van der Waals surface area contributed by atoms with Crippen molar-refractivity contribution in [1.82, 2.24) is 15.0 Å². The van der Waals surface area contributed by atoms with Gasteiger partial charge in [-0.2, -0.15) is 0 Å². The highest BCUT2D eigenvalue weighted by Gasteiger charge is 2.28. The Morgan fingerprint density at radius 2 is 1.69 bits per heavy atom. The standard InChI is InChI=1S/C27H26N4O5/c1-2-17-7-9-19(10-8-17)25(33)28-20-13-11-18(12-14-20)24(32)22(27(35)36)15-16-31-26(34)21-5-3-4-6-23(21)29-30-31/h3-14,22,24,32H,2,15-16H2,1H3,(H,28,33)(H,35,36)/t22-,24+/m0/s1. The van der Waals surface area contributed by atoms with Crippen LogP contribution < -0.4 is 10.9 Å². The van der Waals surface area contributed by atoms with Crippen LogP contribution in [-0.4, -0.2) is 37.1 Å². The second kappa shape index (κ2) is 10.9. The summed E-state index contributed by atoms with van der Waals surface area (Å²) in [4.78, 5) is 37.0. The maximum atomic E-state index is 12.6. The first-order chi connectivity index (χ1) is 17.4. The van der Waals surface area contributed by atoms with Crippen LogP contribution in [0.3, 0.4) is 0 Å². The minimum atomic E-state index is -1.32. The molecule has 1 aromatic heterocycles. The summed E-state index contributed by atoms with van der Waals surface area (Å²) in [6.45, 7) is 2.02. The van der Waals surface area contributed by atoms with Crippen molar-refractivity contribution in [3.8, 4) is 0 Å². The second-order valence-electron chi connectivity index (χ2n) is 8.44. The van der Waals surface area contributed by atoms with E-state index in [4.69, 9.17) is 0 Å². The first-order valence-corrected chi connectivity index (χ1v) is 11.6. The SMILES string of the molecule is CCc1ccc(C(=O)Nc2ccc([C@@H](O)[C@H](CCn3nnc4ccccc4c3=O)C(=O)O)cc2)cc1. The van der Waals surface area contributed by atoms with Crippen LogP contribution in [0.15, 0.2) is 77.6 Å². The lowest BCUT2D eigenvalue weighted by molar-refractivity contribution is -0.146. The van der Waals surface area contributed by atoms with Crippen molar-refractivity contribution in [2.24, 2.45) is 5.92 Å². The lowest BCUT2D eigenvalue weighted by Crippen LogP contribution is -2.29. The van der Waals surface area contributed by atoms with Gasteiger partial charge in [-0.1, -0.05) is 48.5 Å². The Balaban J connectivity index is 1.43. The summed E-state index contributed by atoms with van der Waals surface area (Å²) in [6, 6.07) is 20.4. The summed E-state index contributed by atoms with van der Waals surface area (Å²) in [7, 11) is 0. The van der Waals surface area contributed by atoms with Gasteiger partial charge in [0.15, 0.2) is 0 Å². The first kappa shape index (κ1) is 24.7. The van der Waals surface area contributed by atoms with Gasteiger partial charge in [-0.05, 0) is 60.4 Å². The molecule has 0 bridgehead atoms. The molecule has 184 valence electrons. The average molecular weight is 487 g/mol. The van der Waals surface area contributed by atoms with Crippen LogP contribution in [0.5, 0.6) is 0 Å². The second-order valence-corrected chi connectivity index (χ2v) is 8.44. The van der Waals surface area contributed by atoms with E-state index in [-0.39, 0.29) is 24.4 Å². The summed E-state index contributed by atoms with van der Waals surface area (Å²) in [5, 5.41) is 31.6.